The minimum Gasteiger partial charge on any atom is -0.466 e. The first-order valence-corrected chi connectivity index (χ1v) is 28.4. The predicted molar refractivity (Wildman–Crippen MR) is 288 cm³/mol. The highest BCUT2D eigenvalue weighted by Gasteiger charge is 2.12. The van der Waals surface area contributed by atoms with Crippen LogP contribution in [0.3, 0.4) is 0 Å². The Kier molecular flexibility index (Phi) is 54.4. The Morgan fingerprint density at radius 2 is 0.714 bits per heavy atom. The van der Waals surface area contributed by atoms with E-state index in [-0.39, 0.29) is 31.1 Å². The van der Waals surface area contributed by atoms with Crippen molar-refractivity contribution < 1.29 is 43.1 Å². The quantitative estimate of drug-likeness (QED) is 0.0274. The van der Waals surface area contributed by atoms with Crippen LogP contribution in [0, 0.1) is 47.4 Å². The maximum Gasteiger partial charge on any atom is 0.305 e. The summed E-state index contributed by atoms with van der Waals surface area (Å²) < 4.78 is 35.1. The van der Waals surface area contributed by atoms with E-state index in [4.69, 9.17) is 28.4 Å². The lowest BCUT2D eigenvalue weighted by Gasteiger charge is -2.21. The number of aliphatic hydroxyl groups excluding tert-OH is 1. The molecule has 0 spiro atoms. The standard InChI is InChI=1S/C60H103NO9/c1-5-9-13-17-21-22-28-42-56-70-60(69-55-41-27-20-16-12-8-4)46-34-32-44-58(64)66-52-38-30-24-36-48-61(49-50-62)47-35-23-29-37-51-65-57(63)43-31-33-45-59(67-53-39-25-18-14-10-6-2)68-54-40-26-19-15-11-7-3/h59-60,62H,5-17,21,23-24,29-56H2,1-4H3. The van der Waals surface area contributed by atoms with E-state index in [1.165, 1.54) is 25.7 Å². The van der Waals surface area contributed by atoms with Gasteiger partial charge in [0.2, 0.25) is 0 Å². The van der Waals surface area contributed by atoms with E-state index in [2.05, 4.69) is 80.0 Å². The number of carbonyl (C=O) groups excluding carboxylic acids is 2. The molecule has 0 aliphatic carbocycles. The van der Waals surface area contributed by atoms with Crippen molar-refractivity contribution in [2.75, 3.05) is 65.9 Å². The largest absolute Gasteiger partial charge is 0.466 e. The van der Waals surface area contributed by atoms with Crippen LogP contribution in [0.1, 0.15) is 246 Å². The highest BCUT2D eigenvalue weighted by molar-refractivity contribution is 5.69. The van der Waals surface area contributed by atoms with Gasteiger partial charge in [0.25, 0.3) is 0 Å². The van der Waals surface area contributed by atoms with Crippen LogP contribution in [0.15, 0.2) is 0 Å². The lowest BCUT2D eigenvalue weighted by Crippen LogP contribution is -2.29. The van der Waals surface area contributed by atoms with Crippen LogP contribution in [0.25, 0.3) is 0 Å². The summed E-state index contributed by atoms with van der Waals surface area (Å²) in [5.41, 5.74) is 0. The summed E-state index contributed by atoms with van der Waals surface area (Å²) in [5, 5.41) is 9.62. The van der Waals surface area contributed by atoms with Crippen molar-refractivity contribution in [3.63, 3.8) is 0 Å². The molecule has 0 amide bonds. The summed E-state index contributed by atoms with van der Waals surface area (Å²) in [4.78, 5) is 27.2. The van der Waals surface area contributed by atoms with Gasteiger partial charge in [0, 0.05) is 70.8 Å². The van der Waals surface area contributed by atoms with Crippen LogP contribution in [-0.2, 0) is 38.0 Å². The number of hydrogen-bond acceptors (Lipinski definition) is 10. The summed E-state index contributed by atoms with van der Waals surface area (Å²) in [6.45, 7) is 14.6. The fraction of sp³-hybridized carbons (Fsp3) is 0.833. The molecular weight excluding hydrogens is 879 g/mol. The molecule has 0 heterocycles. The van der Waals surface area contributed by atoms with Gasteiger partial charge in [-0.3, -0.25) is 9.59 Å². The van der Waals surface area contributed by atoms with Crippen molar-refractivity contribution in [3.05, 3.63) is 0 Å². The second-order valence-electron chi connectivity index (χ2n) is 18.2. The highest BCUT2D eigenvalue weighted by Crippen LogP contribution is 2.13. The first kappa shape index (κ1) is 66.9. The smallest absolute Gasteiger partial charge is 0.305 e. The van der Waals surface area contributed by atoms with E-state index < -0.39 is 0 Å². The number of carbonyl (C=O) groups is 2. The summed E-state index contributed by atoms with van der Waals surface area (Å²) >= 11 is 0. The van der Waals surface area contributed by atoms with Crippen molar-refractivity contribution in [3.8, 4) is 47.4 Å². The third kappa shape index (κ3) is 51.3. The molecule has 1 N–H and O–H groups in total. The molecule has 0 saturated carbocycles. The zero-order chi connectivity index (χ0) is 50.9. The van der Waals surface area contributed by atoms with Crippen molar-refractivity contribution in [2.45, 2.75) is 259 Å². The van der Waals surface area contributed by atoms with Crippen molar-refractivity contribution in [1.29, 1.82) is 0 Å². The van der Waals surface area contributed by atoms with Crippen LogP contribution >= 0.6 is 0 Å². The normalized spacial score (nSPS) is 11.2. The lowest BCUT2D eigenvalue weighted by atomic mass is 10.1. The Morgan fingerprint density at radius 3 is 1.09 bits per heavy atom. The van der Waals surface area contributed by atoms with E-state index in [9.17, 15) is 14.7 Å². The van der Waals surface area contributed by atoms with Crippen molar-refractivity contribution in [1.82, 2.24) is 4.90 Å². The van der Waals surface area contributed by atoms with E-state index in [0.717, 1.165) is 167 Å². The van der Waals surface area contributed by atoms with Gasteiger partial charge in [-0.05, 0) is 103 Å². The molecule has 0 aliphatic rings. The molecule has 10 nitrogen and oxygen atoms in total. The van der Waals surface area contributed by atoms with Crippen LogP contribution in [0.5, 0.6) is 0 Å². The number of hydrogen-bond donors (Lipinski definition) is 1. The van der Waals surface area contributed by atoms with Gasteiger partial charge >= 0.3 is 11.9 Å². The molecule has 70 heavy (non-hydrogen) atoms. The molecule has 0 bridgehead atoms. The predicted octanol–water partition coefficient (Wildman–Crippen LogP) is 13.4. The number of ether oxygens (including phenoxy) is 6. The van der Waals surface area contributed by atoms with Gasteiger partial charge < -0.3 is 38.4 Å². The van der Waals surface area contributed by atoms with Gasteiger partial charge in [-0.2, -0.15) is 0 Å². The Hall–Kier alpha value is -3.06. The summed E-state index contributed by atoms with van der Waals surface area (Å²) in [5.74, 6) is 25.4. The minimum absolute atomic E-state index is 0.139. The molecule has 0 aromatic heterocycles. The number of aliphatic hydroxyl groups is 1. The molecule has 10 heteroatoms. The molecule has 0 aromatic rings. The van der Waals surface area contributed by atoms with Crippen LogP contribution < -0.4 is 0 Å². The maximum atomic E-state index is 12.4. The molecular formula is C60H103NO9. The summed E-state index contributed by atoms with van der Waals surface area (Å²) in [6, 6.07) is 0. The zero-order valence-corrected chi connectivity index (χ0v) is 45.4. The SMILES string of the molecule is CCCCC#CCCOC(CCCCC(=O)OCCCCCCN(CCO)CCCCCCOC(=O)CCCCC(OCCC#CCCCC)OCCC#CCCCCCC)OCCC#CCCCC. The van der Waals surface area contributed by atoms with Crippen LogP contribution in [0.4, 0.5) is 0 Å². The maximum absolute atomic E-state index is 12.4. The Morgan fingerprint density at radius 1 is 0.371 bits per heavy atom. The van der Waals surface area contributed by atoms with Crippen LogP contribution in [-0.4, -0.2) is 100 Å². The number of unbranched alkanes of at least 4 members (excludes halogenated alkanes) is 18. The number of esters is 2. The highest BCUT2D eigenvalue weighted by atomic mass is 16.7. The van der Waals surface area contributed by atoms with Gasteiger partial charge in [-0.15, -0.1) is 47.4 Å². The molecule has 1 atom stereocenters. The lowest BCUT2D eigenvalue weighted by molar-refractivity contribution is -0.147. The molecule has 0 aliphatic heterocycles. The van der Waals surface area contributed by atoms with E-state index >= 15 is 0 Å². The second-order valence-corrected chi connectivity index (χ2v) is 18.2. The van der Waals surface area contributed by atoms with Crippen molar-refractivity contribution >= 4 is 11.9 Å². The first-order chi connectivity index (χ1) is 34.5. The molecule has 0 rings (SSSR count). The summed E-state index contributed by atoms with van der Waals surface area (Å²) in [6.07, 6.45) is 31.1. The van der Waals surface area contributed by atoms with Gasteiger partial charge in [-0.25, -0.2) is 0 Å². The van der Waals surface area contributed by atoms with Gasteiger partial charge in [-0.1, -0.05) is 91.9 Å². The number of nitrogens with zero attached hydrogens (tertiary/aromatic N) is 1. The molecule has 402 valence electrons. The van der Waals surface area contributed by atoms with Crippen molar-refractivity contribution in [2.24, 2.45) is 0 Å². The first-order valence-electron chi connectivity index (χ1n) is 28.4. The van der Waals surface area contributed by atoms with Gasteiger partial charge in [0.1, 0.15) is 0 Å². The van der Waals surface area contributed by atoms with E-state index in [1.54, 1.807) is 0 Å². The average molecular weight is 982 g/mol. The molecule has 0 saturated heterocycles. The fourth-order valence-electron chi connectivity index (χ4n) is 7.27. The van der Waals surface area contributed by atoms with Crippen LogP contribution in [0.2, 0.25) is 0 Å². The van der Waals surface area contributed by atoms with E-state index in [1.807, 2.05) is 0 Å². The molecule has 1 unspecified atom stereocenters. The molecule has 0 fully saturated rings. The van der Waals surface area contributed by atoms with Gasteiger partial charge in [0.15, 0.2) is 12.6 Å². The Balaban J connectivity index is 4.19. The Bertz CT molecular complexity index is 1390. The summed E-state index contributed by atoms with van der Waals surface area (Å²) in [7, 11) is 0. The third-order valence-corrected chi connectivity index (χ3v) is 11.6. The average Bonchev–Trinajstić information content (AvgIpc) is 3.36. The fourth-order valence-corrected chi connectivity index (χ4v) is 7.27. The zero-order valence-electron chi connectivity index (χ0n) is 45.4. The third-order valence-electron chi connectivity index (χ3n) is 11.6. The number of rotatable bonds is 48. The minimum atomic E-state index is -0.307. The monoisotopic (exact) mass is 982 g/mol. The van der Waals surface area contributed by atoms with E-state index in [0.29, 0.717) is 84.7 Å². The van der Waals surface area contributed by atoms with Gasteiger partial charge in [0.05, 0.1) is 46.2 Å². The topological polar surface area (TPSA) is 113 Å². The molecule has 0 aromatic carbocycles. The second kappa shape index (κ2) is 56.8. The Labute approximate surface area is 430 Å². The molecule has 0 radical (unpaired) electrons.